The summed E-state index contributed by atoms with van der Waals surface area (Å²) in [6, 6.07) is 9.61. The molecule has 2 heterocycles. The summed E-state index contributed by atoms with van der Waals surface area (Å²) in [5, 5.41) is 15.7. The summed E-state index contributed by atoms with van der Waals surface area (Å²) in [4.78, 5) is 1.89. The molecule has 2 aliphatic rings. The van der Waals surface area contributed by atoms with Gasteiger partial charge in [0.25, 0.3) is 0 Å². The molecule has 4 heteroatoms. The highest BCUT2D eigenvalue weighted by atomic mass is 16.5. The molecule has 80 valence electrons. The van der Waals surface area contributed by atoms with Crippen molar-refractivity contribution in [1.82, 2.24) is 15.3 Å². The van der Waals surface area contributed by atoms with Crippen molar-refractivity contribution in [2.45, 2.75) is 0 Å². The summed E-state index contributed by atoms with van der Waals surface area (Å²) in [6.07, 6.45) is 7.02. The molecule has 0 unspecified atom stereocenters. The molecule has 1 aromatic rings. The van der Waals surface area contributed by atoms with Crippen molar-refractivity contribution < 1.29 is 0 Å². The van der Waals surface area contributed by atoms with Gasteiger partial charge in [-0.05, 0) is 5.56 Å². The van der Waals surface area contributed by atoms with Gasteiger partial charge in [-0.2, -0.15) is 0 Å². The van der Waals surface area contributed by atoms with E-state index in [9.17, 15) is 5.21 Å². The maximum Gasteiger partial charge on any atom is 0.130 e. The number of hydrogen-bond acceptors (Lipinski definition) is 4. The van der Waals surface area contributed by atoms with Gasteiger partial charge in [0, 0.05) is 24.8 Å². The minimum Gasteiger partial charge on any atom is -0.754 e. The lowest BCUT2D eigenvalue weighted by molar-refractivity contribution is 0.551. The largest absolute Gasteiger partial charge is 0.754 e. The van der Waals surface area contributed by atoms with E-state index in [-0.39, 0.29) is 0 Å². The van der Waals surface area contributed by atoms with E-state index in [1.165, 1.54) is 6.20 Å². The number of benzene rings is 1. The number of hydroxylamine groups is 2. The maximum absolute atomic E-state index is 11.8. The van der Waals surface area contributed by atoms with Crippen LogP contribution in [0.4, 0.5) is 0 Å². The minimum absolute atomic E-state index is 0.637. The molecule has 0 spiro atoms. The van der Waals surface area contributed by atoms with Crippen molar-refractivity contribution in [3.05, 3.63) is 71.7 Å². The van der Waals surface area contributed by atoms with Gasteiger partial charge in [-0.3, -0.25) is 0 Å². The summed E-state index contributed by atoms with van der Waals surface area (Å²) in [5.41, 5.74) is 1.55. The molecule has 4 nitrogen and oxygen atoms in total. The Balaban J connectivity index is 2.00. The van der Waals surface area contributed by atoms with Gasteiger partial charge in [0.05, 0.1) is 5.70 Å². The molecule has 0 bridgehead atoms. The topological polar surface area (TPSA) is 41.6 Å². The summed E-state index contributed by atoms with van der Waals surface area (Å²) in [5.74, 6) is 0.773. The van der Waals surface area contributed by atoms with Gasteiger partial charge in [-0.25, -0.2) is 0 Å². The van der Waals surface area contributed by atoms with Crippen LogP contribution in [0.5, 0.6) is 0 Å². The molecule has 3 rings (SSSR count). The first-order valence-electron chi connectivity index (χ1n) is 5.01. The summed E-state index contributed by atoms with van der Waals surface area (Å²) in [7, 11) is 0. The Morgan fingerprint density at radius 1 is 1.06 bits per heavy atom. The van der Waals surface area contributed by atoms with Crippen molar-refractivity contribution in [3.63, 3.8) is 0 Å². The molecule has 0 saturated heterocycles. The molecule has 0 fully saturated rings. The molecular weight excluding hydrogens is 202 g/mol. The Morgan fingerprint density at radius 3 is 2.69 bits per heavy atom. The fourth-order valence-electron chi connectivity index (χ4n) is 1.75. The SMILES string of the molecule is [O-]N1C=C2NC=CN2C=C1c1ccccc1. The van der Waals surface area contributed by atoms with Crippen LogP contribution < -0.4 is 5.32 Å². The molecule has 0 aliphatic carbocycles. The van der Waals surface area contributed by atoms with Crippen LogP contribution in [0.15, 0.2) is 61.0 Å². The first kappa shape index (κ1) is 9.06. The first-order chi connectivity index (χ1) is 7.84. The van der Waals surface area contributed by atoms with E-state index in [1.807, 2.05) is 47.6 Å². The highest BCUT2D eigenvalue weighted by Gasteiger charge is 2.16. The lowest BCUT2D eigenvalue weighted by Crippen LogP contribution is -2.23. The van der Waals surface area contributed by atoms with Gasteiger partial charge >= 0.3 is 0 Å². The van der Waals surface area contributed by atoms with Crippen LogP contribution in [0.3, 0.4) is 0 Å². The molecular formula is C12H10N3O-. The van der Waals surface area contributed by atoms with Crippen LogP contribution in [-0.2, 0) is 0 Å². The monoisotopic (exact) mass is 212 g/mol. The zero-order valence-electron chi connectivity index (χ0n) is 8.50. The van der Waals surface area contributed by atoms with E-state index in [2.05, 4.69) is 5.32 Å². The Kier molecular flexibility index (Phi) is 1.94. The van der Waals surface area contributed by atoms with Crippen molar-refractivity contribution >= 4 is 5.70 Å². The third-order valence-electron chi connectivity index (χ3n) is 2.55. The lowest BCUT2D eigenvalue weighted by atomic mass is 10.1. The Bertz CT molecular complexity index is 490. The second kappa shape index (κ2) is 3.43. The fraction of sp³-hybridized carbons (Fsp3) is 0. The Labute approximate surface area is 93.4 Å². The quantitative estimate of drug-likeness (QED) is 0.772. The highest BCUT2D eigenvalue weighted by molar-refractivity contribution is 5.66. The average molecular weight is 212 g/mol. The average Bonchev–Trinajstić information content (AvgIpc) is 2.76. The predicted octanol–water partition coefficient (Wildman–Crippen LogP) is 1.97. The van der Waals surface area contributed by atoms with Gasteiger partial charge in [0.15, 0.2) is 0 Å². The standard InChI is InChI=1S/C12H10N3O/c16-15-9-12-13-6-7-14(12)8-11(15)10-4-2-1-3-5-10/h1-9,13H/q-1. The van der Waals surface area contributed by atoms with Crippen molar-refractivity contribution in [2.75, 3.05) is 0 Å². The molecule has 1 N–H and O–H groups in total. The normalized spacial score (nSPS) is 17.8. The third kappa shape index (κ3) is 1.36. The zero-order valence-corrected chi connectivity index (χ0v) is 8.50. The molecule has 16 heavy (non-hydrogen) atoms. The van der Waals surface area contributed by atoms with E-state index >= 15 is 0 Å². The first-order valence-corrected chi connectivity index (χ1v) is 5.01. The number of nitrogens with zero attached hydrogens (tertiary/aromatic N) is 2. The molecule has 1 aromatic carbocycles. The summed E-state index contributed by atoms with van der Waals surface area (Å²) in [6.45, 7) is 0. The third-order valence-corrected chi connectivity index (χ3v) is 2.55. The summed E-state index contributed by atoms with van der Waals surface area (Å²) >= 11 is 0. The molecule has 0 atom stereocenters. The van der Waals surface area contributed by atoms with E-state index in [4.69, 9.17) is 0 Å². The number of fused-ring (bicyclic) bond motifs is 1. The maximum atomic E-state index is 11.8. The van der Waals surface area contributed by atoms with E-state index in [1.54, 1.807) is 6.20 Å². The van der Waals surface area contributed by atoms with Crippen LogP contribution in [0.2, 0.25) is 0 Å². The Hall–Kier alpha value is -2.20. The van der Waals surface area contributed by atoms with Crippen LogP contribution in [-0.4, -0.2) is 9.96 Å². The van der Waals surface area contributed by atoms with Crippen LogP contribution >= 0.6 is 0 Å². The molecule has 0 aromatic heterocycles. The van der Waals surface area contributed by atoms with Crippen LogP contribution in [0.1, 0.15) is 5.56 Å². The van der Waals surface area contributed by atoms with Gasteiger partial charge in [0.2, 0.25) is 0 Å². The van der Waals surface area contributed by atoms with E-state index in [0.29, 0.717) is 5.70 Å². The molecule has 2 aliphatic heterocycles. The Morgan fingerprint density at radius 2 is 1.88 bits per heavy atom. The van der Waals surface area contributed by atoms with E-state index < -0.39 is 0 Å². The van der Waals surface area contributed by atoms with E-state index in [0.717, 1.165) is 16.4 Å². The number of hydrogen-bond donors (Lipinski definition) is 1. The second-order valence-electron chi connectivity index (χ2n) is 3.59. The van der Waals surface area contributed by atoms with Crippen molar-refractivity contribution in [1.29, 1.82) is 0 Å². The van der Waals surface area contributed by atoms with Gasteiger partial charge in [0.1, 0.15) is 5.82 Å². The minimum atomic E-state index is 0.637. The predicted molar refractivity (Wildman–Crippen MR) is 61.8 cm³/mol. The summed E-state index contributed by atoms with van der Waals surface area (Å²) < 4.78 is 0. The molecule has 0 saturated carbocycles. The molecule has 0 amide bonds. The van der Waals surface area contributed by atoms with Crippen LogP contribution in [0.25, 0.3) is 5.70 Å². The lowest BCUT2D eigenvalue weighted by Gasteiger charge is -2.35. The number of nitrogens with one attached hydrogen (secondary N) is 1. The van der Waals surface area contributed by atoms with Crippen molar-refractivity contribution in [2.24, 2.45) is 0 Å². The smallest absolute Gasteiger partial charge is 0.130 e. The highest BCUT2D eigenvalue weighted by Crippen LogP contribution is 2.26. The van der Waals surface area contributed by atoms with Crippen LogP contribution in [0, 0.1) is 5.21 Å². The fourth-order valence-corrected chi connectivity index (χ4v) is 1.75. The molecule has 0 radical (unpaired) electrons. The second-order valence-corrected chi connectivity index (χ2v) is 3.59. The van der Waals surface area contributed by atoms with Gasteiger partial charge in [-0.1, -0.05) is 30.3 Å². The van der Waals surface area contributed by atoms with Crippen molar-refractivity contribution in [3.8, 4) is 0 Å². The zero-order chi connectivity index (χ0) is 11.0. The van der Waals surface area contributed by atoms with Gasteiger partial charge in [-0.15, -0.1) is 0 Å². The number of rotatable bonds is 1. The van der Waals surface area contributed by atoms with Gasteiger partial charge < -0.3 is 20.5 Å².